The van der Waals surface area contributed by atoms with Gasteiger partial charge in [-0.1, -0.05) is 37.1 Å². The Morgan fingerprint density at radius 1 is 1.22 bits per heavy atom. The highest BCUT2D eigenvalue weighted by molar-refractivity contribution is 5.74. The molecule has 5 heteroatoms. The molecule has 1 aromatic rings. The number of aliphatic hydroxyl groups excluding tert-OH is 1. The Hall–Kier alpha value is -1.59. The van der Waals surface area contributed by atoms with E-state index in [1.54, 1.807) is 0 Å². The van der Waals surface area contributed by atoms with Crippen molar-refractivity contribution >= 4 is 6.03 Å². The van der Waals surface area contributed by atoms with Gasteiger partial charge in [-0.2, -0.15) is 0 Å². The van der Waals surface area contributed by atoms with E-state index in [1.807, 2.05) is 0 Å². The Morgan fingerprint density at radius 2 is 2.00 bits per heavy atom. The molecule has 0 aromatic heterocycles. The Balaban J connectivity index is 1.37. The van der Waals surface area contributed by atoms with Gasteiger partial charge in [0.15, 0.2) is 0 Å². The van der Waals surface area contributed by atoms with Gasteiger partial charge in [-0.25, -0.2) is 4.79 Å². The first-order chi connectivity index (χ1) is 11.2. The van der Waals surface area contributed by atoms with Crippen molar-refractivity contribution in [3.8, 4) is 0 Å². The summed E-state index contributed by atoms with van der Waals surface area (Å²) in [7, 11) is 0. The van der Waals surface area contributed by atoms with Crippen molar-refractivity contribution in [1.82, 2.24) is 15.5 Å². The van der Waals surface area contributed by atoms with E-state index in [0.717, 1.165) is 51.7 Å². The molecule has 2 atom stereocenters. The summed E-state index contributed by atoms with van der Waals surface area (Å²) in [5.41, 5.74) is 2.84. The highest BCUT2D eigenvalue weighted by Crippen LogP contribution is 2.19. The Labute approximate surface area is 138 Å². The maximum atomic E-state index is 11.9. The summed E-state index contributed by atoms with van der Waals surface area (Å²) >= 11 is 0. The molecule has 126 valence electrons. The van der Waals surface area contributed by atoms with E-state index in [-0.39, 0.29) is 12.1 Å². The third kappa shape index (κ3) is 4.45. The van der Waals surface area contributed by atoms with E-state index in [9.17, 15) is 9.90 Å². The van der Waals surface area contributed by atoms with Gasteiger partial charge in [0, 0.05) is 26.2 Å². The summed E-state index contributed by atoms with van der Waals surface area (Å²) in [6, 6.07) is 8.32. The molecule has 1 aliphatic carbocycles. The second-order valence-electron chi connectivity index (χ2n) is 6.65. The Kier molecular flexibility index (Phi) is 5.51. The predicted octanol–water partition coefficient (Wildman–Crippen LogP) is 1.65. The Morgan fingerprint density at radius 3 is 2.83 bits per heavy atom. The number of amides is 2. The van der Waals surface area contributed by atoms with Crippen molar-refractivity contribution in [3.05, 3.63) is 35.4 Å². The van der Waals surface area contributed by atoms with E-state index in [4.69, 9.17) is 0 Å². The van der Waals surface area contributed by atoms with Gasteiger partial charge in [0.1, 0.15) is 0 Å². The van der Waals surface area contributed by atoms with Gasteiger partial charge < -0.3 is 15.7 Å². The summed E-state index contributed by atoms with van der Waals surface area (Å²) in [6.07, 6.45) is 4.48. The van der Waals surface area contributed by atoms with E-state index >= 15 is 0 Å². The SMILES string of the molecule is O=C(NCCN1CCc2ccccc2C1)NC1CCCCC1O. The van der Waals surface area contributed by atoms with Gasteiger partial charge in [-0.15, -0.1) is 0 Å². The van der Waals surface area contributed by atoms with Gasteiger partial charge in [-0.05, 0) is 30.4 Å². The van der Waals surface area contributed by atoms with Crippen LogP contribution in [-0.2, 0) is 13.0 Å². The predicted molar refractivity (Wildman–Crippen MR) is 90.2 cm³/mol. The zero-order chi connectivity index (χ0) is 16.1. The second-order valence-corrected chi connectivity index (χ2v) is 6.65. The van der Waals surface area contributed by atoms with Crippen LogP contribution >= 0.6 is 0 Å². The fourth-order valence-corrected chi connectivity index (χ4v) is 3.57. The van der Waals surface area contributed by atoms with Crippen molar-refractivity contribution in [2.24, 2.45) is 0 Å². The summed E-state index contributed by atoms with van der Waals surface area (Å²) < 4.78 is 0. The molecule has 0 radical (unpaired) electrons. The zero-order valence-corrected chi connectivity index (χ0v) is 13.6. The number of nitrogens with zero attached hydrogens (tertiary/aromatic N) is 1. The van der Waals surface area contributed by atoms with Crippen LogP contribution < -0.4 is 10.6 Å². The van der Waals surface area contributed by atoms with Crippen LogP contribution in [0, 0.1) is 0 Å². The number of hydrogen-bond acceptors (Lipinski definition) is 3. The molecule has 0 saturated heterocycles. The lowest BCUT2D eigenvalue weighted by Gasteiger charge is -2.30. The average molecular weight is 317 g/mol. The molecule has 1 aromatic carbocycles. The molecule has 2 unspecified atom stereocenters. The van der Waals surface area contributed by atoms with Crippen LogP contribution in [0.2, 0.25) is 0 Å². The van der Waals surface area contributed by atoms with Gasteiger partial charge in [0.05, 0.1) is 12.1 Å². The summed E-state index contributed by atoms with van der Waals surface area (Å²) in [5.74, 6) is 0. The minimum absolute atomic E-state index is 0.0920. The van der Waals surface area contributed by atoms with E-state index < -0.39 is 6.10 Å². The first kappa shape index (κ1) is 16.3. The number of carbonyl (C=O) groups is 1. The molecule has 1 fully saturated rings. The smallest absolute Gasteiger partial charge is 0.315 e. The largest absolute Gasteiger partial charge is 0.391 e. The lowest BCUT2D eigenvalue weighted by Crippen LogP contribution is -2.50. The van der Waals surface area contributed by atoms with Crippen molar-refractivity contribution in [2.45, 2.75) is 50.8 Å². The molecule has 2 aliphatic rings. The van der Waals surface area contributed by atoms with Crippen LogP contribution in [0.3, 0.4) is 0 Å². The topological polar surface area (TPSA) is 64.6 Å². The maximum Gasteiger partial charge on any atom is 0.315 e. The van der Waals surface area contributed by atoms with Gasteiger partial charge >= 0.3 is 6.03 Å². The summed E-state index contributed by atoms with van der Waals surface area (Å²) in [6.45, 7) is 3.49. The molecule has 1 saturated carbocycles. The van der Waals surface area contributed by atoms with Crippen molar-refractivity contribution < 1.29 is 9.90 Å². The third-order valence-corrected chi connectivity index (χ3v) is 4.97. The number of nitrogens with one attached hydrogen (secondary N) is 2. The Bertz CT molecular complexity index is 535. The molecule has 5 nitrogen and oxygen atoms in total. The van der Waals surface area contributed by atoms with Crippen LogP contribution in [0.1, 0.15) is 36.8 Å². The summed E-state index contributed by atoms with van der Waals surface area (Å²) in [5, 5.41) is 15.7. The molecule has 3 N–H and O–H groups in total. The van der Waals surface area contributed by atoms with E-state index in [0.29, 0.717) is 6.54 Å². The highest BCUT2D eigenvalue weighted by atomic mass is 16.3. The minimum atomic E-state index is -0.395. The normalized spacial score (nSPS) is 24.7. The molecule has 1 heterocycles. The van der Waals surface area contributed by atoms with Crippen LogP contribution in [0.5, 0.6) is 0 Å². The fraction of sp³-hybridized carbons (Fsp3) is 0.611. The van der Waals surface area contributed by atoms with Crippen LogP contribution in [0.15, 0.2) is 24.3 Å². The first-order valence-electron chi connectivity index (χ1n) is 8.74. The second kappa shape index (κ2) is 7.79. The lowest BCUT2D eigenvalue weighted by molar-refractivity contribution is 0.0942. The number of carbonyl (C=O) groups excluding carboxylic acids is 1. The quantitative estimate of drug-likeness (QED) is 0.791. The van der Waals surface area contributed by atoms with Gasteiger partial charge in [-0.3, -0.25) is 4.90 Å². The average Bonchev–Trinajstić information content (AvgIpc) is 2.57. The lowest BCUT2D eigenvalue weighted by atomic mass is 9.93. The molecule has 0 bridgehead atoms. The first-order valence-corrected chi connectivity index (χ1v) is 8.74. The number of aliphatic hydroxyl groups is 1. The summed E-state index contributed by atoms with van der Waals surface area (Å²) in [4.78, 5) is 14.3. The molecule has 3 rings (SSSR count). The molecule has 1 aliphatic heterocycles. The molecule has 23 heavy (non-hydrogen) atoms. The van der Waals surface area contributed by atoms with E-state index in [1.165, 1.54) is 11.1 Å². The number of hydrogen-bond donors (Lipinski definition) is 3. The van der Waals surface area contributed by atoms with Crippen LogP contribution in [-0.4, -0.2) is 47.8 Å². The zero-order valence-electron chi connectivity index (χ0n) is 13.6. The standard InChI is InChI=1S/C18H27N3O2/c22-17-8-4-3-7-16(17)20-18(23)19-10-12-21-11-9-14-5-1-2-6-15(14)13-21/h1-2,5-6,16-17,22H,3-4,7-13H2,(H2,19,20,23). The number of rotatable bonds is 4. The maximum absolute atomic E-state index is 11.9. The van der Waals surface area contributed by atoms with E-state index in [2.05, 4.69) is 39.8 Å². The number of fused-ring (bicyclic) bond motifs is 1. The van der Waals surface area contributed by atoms with Crippen LogP contribution in [0.4, 0.5) is 4.79 Å². The van der Waals surface area contributed by atoms with Crippen molar-refractivity contribution in [3.63, 3.8) is 0 Å². The highest BCUT2D eigenvalue weighted by Gasteiger charge is 2.24. The molecular weight excluding hydrogens is 290 g/mol. The number of urea groups is 1. The fourth-order valence-electron chi connectivity index (χ4n) is 3.57. The molecular formula is C18H27N3O2. The molecule has 2 amide bonds. The van der Waals surface area contributed by atoms with Gasteiger partial charge in [0.2, 0.25) is 0 Å². The van der Waals surface area contributed by atoms with Crippen LogP contribution in [0.25, 0.3) is 0 Å². The third-order valence-electron chi connectivity index (χ3n) is 4.97. The number of benzene rings is 1. The molecule has 0 spiro atoms. The monoisotopic (exact) mass is 317 g/mol. The van der Waals surface area contributed by atoms with Gasteiger partial charge in [0.25, 0.3) is 0 Å². The van der Waals surface area contributed by atoms with Crippen molar-refractivity contribution in [1.29, 1.82) is 0 Å². The minimum Gasteiger partial charge on any atom is -0.391 e. The van der Waals surface area contributed by atoms with Crippen molar-refractivity contribution in [2.75, 3.05) is 19.6 Å².